The van der Waals surface area contributed by atoms with Crippen LogP contribution in [0.2, 0.25) is 0 Å². The third-order valence-electron chi connectivity index (χ3n) is 2.83. The lowest BCUT2D eigenvalue weighted by molar-refractivity contribution is -0.165. The summed E-state index contributed by atoms with van der Waals surface area (Å²) in [7, 11) is 2.66. The summed E-state index contributed by atoms with van der Waals surface area (Å²) in [6, 6.07) is 13.2. The Bertz CT molecular complexity index is 637. The zero-order chi connectivity index (χ0) is 13.8. The largest absolute Gasteiger partial charge is 0.305 e. The van der Waals surface area contributed by atoms with Crippen LogP contribution in [0.3, 0.4) is 0 Å². The fourth-order valence-electron chi connectivity index (χ4n) is 1.74. The molecule has 2 aromatic carbocycles. The summed E-state index contributed by atoms with van der Waals surface area (Å²) in [4.78, 5) is 16.1. The molecule has 98 valence electrons. The smallest absolute Gasteiger partial charge is 0.274 e. The van der Waals surface area contributed by atoms with E-state index in [0.717, 1.165) is 15.8 Å². The second kappa shape index (κ2) is 5.63. The fourth-order valence-corrected chi connectivity index (χ4v) is 1.74. The van der Waals surface area contributed by atoms with Crippen LogP contribution in [-0.4, -0.2) is 25.1 Å². The van der Waals surface area contributed by atoms with Gasteiger partial charge in [0.2, 0.25) is 0 Å². The van der Waals surface area contributed by atoms with Gasteiger partial charge in [-0.15, -0.1) is 0 Å². The molecule has 0 fully saturated rings. The molecule has 0 atom stereocenters. The minimum absolute atomic E-state index is 0.633. The van der Waals surface area contributed by atoms with Crippen molar-refractivity contribution in [2.24, 2.45) is 0 Å². The standard InChI is InChI=1S/C15H14FNO2/c1-17(19-2)15(18)14(16)10-11-7-8-12-5-3-4-6-13(12)9-11/h3-10H,1-2H3/b14-10+. The third-order valence-corrected chi connectivity index (χ3v) is 2.83. The van der Waals surface area contributed by atoms with Crippen LogP contribution in [0.15, 0.2) is 48.3 Å². The van der Waals surface area contributed by atoms with E-state index in [2.05, 4.69) is 4.84 Å². The van der Waals surface area contributed by atoms with E-state index in [1.54, 1.807) is 6.07 Å². The minimum Gasteiger partial charge on any atom is -0.274 e. The molecule has 0 aliphatic rings. The third kappa shape index (κ3) is 2.98. The molecule has 1 amide bonds. The number of carbonyl (C=O) groups excluding carboxylic acids is 1. The molecule has 0 saturated heterocycles. The van der Waals surface area contributed by atoms with Gasteiger partial charge in [-0.3, -0.25) is 9.63 Å². The first kappa shape index (κ1) is 13.2. The van der Waals surface area contributed by atoms with Crippen molar-refractivity contribution < 1.29 is 14.0 Å². The average molecular weight is 259 g/mol. The van der Waals surface area contributed by atoms with Gasteiger partial charge in [0.15, 0.2) is 5.83 Å². The number of hydrogen-bond donors (Lipinski definition) is 0. The molecule has 0 aliphatic carbocycles. The molecule has 0 saturated carbocycles. The van der Waals surface area contributed by atoms with Gasteiger partial charge in [-0.2, -0.15) is 0 Å². The van der Waals surface area contributed by atoms with Crippen molar-refractivity contribution in [2.45, 2.75) is 0 Å². The maximum Gasteiger partial charge on any atom is 0.305 e. The highest BCUT2D eigenvalue weighted by Gasteiger charge is 2.14. The minimum atomic E-state index is -0.861. The number of halogens is 1. The molecule has 0 N–H and O–H groups in total. The molecule has 0 aliphatic heterocycles. The van der Waals surface area contributed by atoms with Crippen molar-refractivity contribution in [1.29, 1.82) is 0 Å². The van der Waals surface area contributed by atoms with Crippen molar-refractivity contribution in [2.75, 3.05) is 14.2 Å². The van der Waals surface area contributed by atoms with Crippen LogP contribution in [0, 0.1) is 0 Å². The normalized spacial score (nSPS) is 11.6. The highest BCUT2D eigenvalue weighted by Crippen LogP contribution is 2.18. The Labute approximate surface area is 110 Å². The number of nitrogens with zero attached hydrogens (tertiary/aromatic N) is 1. The molecule has 2 aromatic rings. The molecular weight excluding hydrogens is 245 g/mol. The van der Waals surface area contributed by atoms with Gasteiger partial charge in [0.05, 0.1) is 7.11 Å². The second-order valence-electron chi connectivity index (χ2n) is 4.08. The van der Waals surface area contributed by atoms with E-state index in [0.29, 0.717) is 5.56 Å². The summed E-state index contributed by atoms with van der Waals surface area (Å²) in [6.45, 7) is 0. The zero-order valence-electron chi connectivity index (χ0n) is 10.8. The Morgan fingerprint density at radius 2 is 1.89 bits per heavy atom. The Morgan fingerprint density at radius 1 is 1.21 bits per heavy atom. The summed E-state index contributed by atoms with van der Waals surface area (Å²) < 4.78 is 13.7. The molecule has 0 heterocycles. The van der Waals surface area contributed by atoms with Crippen molar-refractivity contribution in [1.82, 2.24) is 5.06 Å². The van der Waals surface area contributed by atoms with Gasteiger partial charge in [0.25, 0.3) is 0 Å². The maximum absolute atomic E-state index is 13.7. The van der Waals surface area contributed by atoms with Crippen LogP contribution < -0.4 is 0 Å². The first-order valence-electron chi connectivity index (χ1n) is 5.80. The van der Waals surface area contributed by atoms with E-state index in [1.165, 1.54) is 20.2 Å². The second-order valence-corrected chi connectivity index (χ2v) is 4.08. The fraction of sp³-hybridized carbons (Fsp3) is 0.133. The topological polar surface area (TPSA) is 29.5 Å². The van der Waals surface area contributed by atoms with E-state index >= 15 is 0 Å². The van der Waals surface area contributed by atoms with E-state index in [4.69, 9.17) is 0 Å². The quantitative estimate of drug-likeness (QED) is 0.626. The summed E-state index contributed by atoms with van der Waals surface area (Å²) in [5.41, 5.74) is 0.633. The first-order chi connectivity index (χ1) is 9.11. The summed E-state index contributed by atoms with van der Waals surface area (Å²) in [6.07, 6.45) is 1.20. The molecule has 0 aromatic heterocycles. The lowest BCUT2D eigenvalue weighted by Crippen LogP contribution is -2.25. The van der Waals surface area contributed by atoms with Gasteiger partial charge in [0.1, 0.15) is 0 Å². The van der Waals surface area contributed by atoms with Crippen LogP contribution in [0.5, 0.6) is 0 Å². The van der Waals surface area contributed by atoms with Gasteiger partial charge in [-0.05, 0) is 28.5 Å². The number of fused-ring (bicyclic) bond motifs is 1. The average Bonchev–Trinajstić information content (AvgIpc) is 2.45. The number of benzene rings is 2. The summed E-state index contributed by atoms with van der Waals surface area (Å²) in [5, 5.41) is 2.91. The Kier molecular flexibility index (Phi) is 3.92. The molecule has 3 nitrogen and oxygen atoms in total. The highest BCUT2D eigenvalue weighted by atomic mass is 19.1. The van der Waals surface area contributed by atoms with Gasteiger partial charge in [0, 0.05) is 7.05 Å². The van der Waals surface area contributed by atoms with Gasteiger partial charge < -0.3 is 0 Å². The number of hydrogen-bond acceptors (Lipinski definition) is 2. The molecule has 19 heavy (non-hydrogen) atoms. The van der Waals surface area contributed by atoms with E-state index in [9.17, 15) is 9.18 Å². The van der Waals surface area contributed by atoms with Crippen molar-refractivity contribution in [3.63, 3.8) is 0 Å². The number of carbonyl (C=O) groups is 1. The van der Waals surface area contributed by atoms with Crippen molar-refractivity contribution in [3.8, 4) is 0 Å². The van der Waals surface area contributed by atoms with Crippen LogP contribution in [0.1, 0.15) is 5.56 Å². The Hall–Kier alpha value is -2.20. The lowest BCUT2D eigenvalue weighted by Gasteiger charge is -2.11. The van der Waals surface area contributed by atoms with Crippen LogP contribution in [0.25, 0.3) is 16.8 Å². The molecule has 4 heteroatoms. The van der Waals surface area contributed by atoms with E-state index in [1.807, 2.05) is 36.4 Å². The highest BCUT2D eigenvalue weighted by molar-refractivity contribution is 5.95. The first-order valence-corrected chi connectivity index (χ1v) is 5.80. The molecular formula is C15H14FNO2. The van der Waals surface area contributed by atoms with Gasteiger partial charge >= 0.3 is 5.91 Å². The van der Waals surface area contributed by atoms with Crippen molar-refractivity contribution in [3.05, 3.63) is 53.9 Å². The lowest BCUT2D eigenvalue weighted by atomic mass is 10.1. The number of hydroxylamine groups is 2. The van der Waals surface area contributed by atoms with Gasteiger partial charge in [-0.1, -0.05) is 36.4 Å². The van der Waals surface area contributed by atoms with E-state index in [-0.39, 0.29) is 0 Å². The molecule has 0 unspecified atom stereocenters. The van der Waals surface area contributed by atoms with Crippen molar-refractivity contribution >= 4 is 22.8 Å². The maximum atomic E-state index is 13.7. The predicted molar refractivity (Wildman–Crippen MR) is 72.8 cm³/mol. The van der Waals surface area contributed by atoms with Gasteiger partial charge in [-0.25, -0.2) is 9.45 Å². The molecule has 2 rings (SSSR count). The molecule has 0 spiro atoms. The Balaban J connectivity index is 2.32. The number of amides is 1. The number of rotatable bonds is 3. The van der Waals surface area contributed by atoms with E-state index < -0.39 is 11.7 Å². The monoisotopic (exact) mass is 259 g/mol. The summed E-state index contributed by atoms with van der Waals surface area (Å²) in [5.74, 6) is -1.67. The predicted octanol–water partition coefficient (Wildman–Crippen LogP) is 3.17. The van der Waals surface area contributed by atoms with Crippen LogP contribution in [-0.2, 0) is 9.63 Å². The Morgan fingerprint density at radius 3 is 2.58 bits per heavy atom. The molecule has 0 bridgehead atoms. The molecule has 0 radical (unpaired) electrons. The summed E-state index contributed by atoms with van der Waals surface area (Å²) >= 11 is 0. The van der Waals surface area contributed by atoms with Crippen LogP contribution >= 0.6 is 0 Å². The SMILES string of the molecule is CON(C)C(=O)/C(F)=C\c1ccc2ccccc2c1. The van der Waals surface area contributed by atoms with Crippen LogP contribution in [0.4, 0.5) is 4.39 Å². The zero-order valence-corrected chi connectivity index (χ0v) is 10.8. The number of likely N-dealkylation sites (N-methyl/N-ethyl adjacent to an activating group) is 1.